The second-order valence-corrected chi connectivity index (χ2v) is 3.89. The zero-order chi connectivity index (χ0) is 14.2. The third kappa shape index (κ3) is 2.78. The number of ether oxygens (including phenoxy) is 1. The number of rotatable bonds is 2. The number of urea groups is 1. The summed E-state index contributed by atoms with van der Waals surface area (Å²) < 4.78 is 39.6. The van der Waals surface area contributed by atoms with E-state index in [9.17, 15) is 22.8 Å². The Hall–Kier alpha value is -2.25. The van der Waals surface area contributed by atoms with E-state index in [1.807, 2.05) is 0 Å². The van der Waals surface area contributed by atoms with Crippen LogP contribution in [0.1, 0.15) is 6.92 Å². The van der Waals surface area contributed by atoms with Gasteiger partial charge >= 0.3 is 12.4 Å². The van der Waals surface area contributed by atoms with Crippen LogP contribution in [0.25, 0.3) is 0 Å². The maximum Gasteiger partial charge on any atom is 0.573 e. The molecule has 0 saturated carbocycles. The minimum atomic E-state index is -4.78. The van der Waals surface area contributed by atoms with Crippen molar-refractivity contribution in [2.75, 3.05) is 4.90 Å². The van der Waals surface area contributed by atoms with Crippen LogP contribution in [-0.2, 0) is 4.79 Å². The van der Waals surface area contributed by atoms with Crippen molar-refractivity contribution >= 4 is 17.6 Å². The lowest BCUT2D eigenvalue weighted by Gasteiger charge is -2.14. The van der Waals surface area contributed by atoms with E-state index in [0.717, 1.165) is 17.0 Å². The van der Waals surface area contributed by atoms with Crippen molar-refractivity contribution in [2.24, 2.45) is 0 Å². The number of alkyl halides is 3. The second kappa shape index (κ2) is 4.45. The summed E-state index contributed by atoms with van der Waals surface area (Å²) in [6.07, 6.45) is -4.78. The average molecular weight is 274 g/mol. The summed E-state index contributed by atoms with van der Waals surface area (Å²) in [7, 11) is 0. The van der Waals surface area contributed by atoms with Crippen LogP contribution in [0.2, 0.25) is 0 Å². The van der Waals surface area contributed by atoms with Crippen molar-refractivity contribution < 1.29 is 27.5 Å². The Morgan fingerprint density at radius 2 is 1.79 bits per heavy atom. The molecule has 102 valence electrons. The van der Waals surface area contributed by atoms with Crippen LogP contribution in [0.5, 0.6) is 5.75 Å². The smallest absolute Gasteiger partial charge is 0.406 e. The number of carbonyl (C=O) groups is 2. The van der Waals surface area contributed by atoms with Gasteiger partial charge in [-0.3, -0.25) is 4.79 Å². The Balaban J connectivity index is 2.19. The van der Waals surface area contributed by atoms with Crippen molar-refractivity contribution in [2.45, 2.75) is 19.3 Å². The summed E-state index contributed by atoms with van der Waals surface area (Å²) >= 11 is 0. The molecular formula is C11H9F3N2O3. The van der Waals surface area contributed by atoms with E-state index < -0.39 is 30.1 Å². The molecule has 0 bridgehead atoms. The molecule has 1 heterocycles. The first kappa shape index (κ1) is 13.2. The van der Waals surface area contributed by atoms with Gasteiger partial charge in [0.1, 0.15) is 11.8 Å². The van der Waals surface area contributed by atoms with E-state index in [-0.39, 0.29) is 5.69 Å². The summed E-state index contributed by atoms with van der Waals surface area (Å²) in [5, 5.41) is 2.39. The first-order chi connectivity index (χ1) is 8.78. The lowest BCUT2D eigenvalue weighted by atomic mass is 10.2. The lowest BCUT2D eigenvalue weighted by molar-refractivity contribution is -0.274. The van der Waals surface area contributed by atoms with Crippen molar-refractivity contribution in [3.05, 3.63) is 24.3 Å². The van der Waals surface area contributed by atoms with Gasteiger partial charge in [0, 0.05) is 0 Å². The molecule has 1 atom stereocenters. The molecule has 2 rings (SSSR count). The first-order valence-corrected chi connectivity index (χ1v) is 5.28. The van der Waals surface area contributed by atoms with Crippen molar-refractivity contribution in [1.29, 1.82) is 0 Å². The number of nitrogens with zero attached hydrogens (tertiary/aromatic N) is 1. The van der Waals surface area contributed by atoms with E-state index in [1.165, 1.54) is 19.1 Å². The molecule has 5 nitrogen and oxygen atoms in total. The molecule has 19 heavy (non-hydrogen) atoms. The molecule has 0 spiro atoms. The Labute approximate surface area is 105 Å². The minimum absolute atomic E-state index is 0.182. The van der Waals surface area contributed by atoms with Crippen molar-refractivity contribution in [3.8, 4) is 5.75 Å². The summed E-state index contributed by atoms with van der Waals surface area (Å²) in [5.74, 6) is -0.883. The molecule has 8 heteroatoms. The van der Waals surface area contributed by atoms with Crippen LogP contribution in [-0.4, -0.2) is 24.3 Å². The number of nitrogens with one attached hydrogen (secondary N) is 1. The van der Waals surface area contributed by atoms with Crippen LogP contribution in [0.3, 0.4) is 0 Å². The van der Waals surface area contributed by atoms with Gasteiger partial charge in [-0.15, -0.1) is 13.2 Å². The Morgan fingerprint density at radius 1 is 1.21 bits per heavy atom. The number of benzene rings is 1. The molecule has 1 fully saturated rings. The maximum atomic E-state index is 12.0. The summed E-state index contributed by atoms with van der Waals surface area (Å²) in [5.41, 5.74) is 0.182. The van der Waals surface area contributed by atoms with Gasteiger partial charge in [0.05, 0.1) is 5.69 Å². The van der Waals surface area contributed by atoms with Crippen LogP contribution >= 0.6 is 0 Å². The molecular weight excluding hydrogens is 265 g/mol. The molecule has 0 aromatic heterocycles. The minimum Gasteiger partial charge on any atom is -0.406 e. The van der Waals surface area contributed by atoms with Gasteiger partial charge in [0.15, 0.2) is 0 Å². The van der Waals surface area contributed by atoms with Gasteiger partial charge in [0.25, 0.3) is 5.91 Å². The highest BCUT2D eigenvalue weighted by molar-refractivity contribution is 6.21. The Kier molecular flexibility index (Phi) is 3.09. The van der Waals surface area contributed by atoms with Gasteiger partial charge in [-0.2, -0.15) is 0 Å². The van der Waals surface area contributed by atoms with Crippen LogP contribution in [0, 0.1) is 0 Å². The summed E-state index contributed by atoms with van der Waals surface area (Å²) in [6, 6.07) is 3.21. The average Bonchev–Trinajstić information content (AvgIpc) is 2.53. The quantitative estimate of drug-likeness (QED) is 0.839. The number of imide groups is 1. The van der Waals surface area contributed by atoms with Gasteiger partial charge in [0.2, 0.25) is 0 Å². The molecule has 1 aromatic carbocycles. The molecule has 1 aliphatic heterocycles. The number of carbonyl (C=O) groups excluding carboxylic acids is 2. The third-order valence-corrected chi connectivity index (χ3v) is 2.46. The number of halogens is 3. The van der Waals surface area contributed by atoms with E-state index in [0.29, 0.717) is 0 Å². The summed E-state index contributed by atoms with van der Waals surface area (Å²) in [6.45, 7) is 1.52. The summed E-state index contributed by atoms with van der Waals surface area (Å²) in [4.78, 5) is 24.0. The Bertz CT molecular complexity index is 513. The molecule has 0 aliphatic carbocycles. The standard InChI is InChI=1S/C11H9F3N2O3/c1-6-9(17)16(10(18)15-6)7-2-4-8(5-3-7)19-11(12,13)14/h2-6H,1H3,(H,15,18). The Morgan fingerprint density at radius 3 is 2.21 bits per heavy atom. The van der Waals surface area contributed by atoms with E-state index >= 15 is 0 Å². The highest BCUT2D eigenvalue weighted by Crippen LogP contribution is 2.26. The predicted octanol–water partition coefficient (Wildman–Crippen LogP) is 2.03. The van der Waals surface area contributed by atoms with E-state index in [1.54, 1.807) is 0 Å². The van der Waals surface area contributed by atoms with Crippen molar-refractivity contribution in [1.82, 2.24) is 5.32 Å². The molecule has 1 aromatic rings. The largest absolute Gasteiger partial charge is 0.573 e. The molecule has 1 saturated heterocycles. The normalized spacial score (nSPS) is 19.6. The van der Waals surface area contributed by atoms with Crippen LogP contribution in [0.4, 0.5) is 23.7 Å². The fraction of sp³-hybridized carbons (Fsp3) is 0.273. The molecule has 1 N–H and O–H groups in total. The zero-order valence-electron chi connectivity index (χ0n) is 9.69. The lowest BCUT2D eigenvalue weighted by Crippen LogP contribution is -2.30. The highest BCUT2D eigenvalue weighted by Gasteiger charge is 2.36. The number of hydrogen-bond acceptors (Lipinski definition) is 3. The van der Waals surface area contributed by atoms with Crippen molar-refractivity contribution in [3.63, 3.8) is 0 Å². The zero-order valence-corrected chi connectivity index (χ0v) is 9.69. The monoisotopic (exact) mass is 274 g/mol. The van der Waals surface area contributed by atoms with Crippen LogP contribution in [0.15, 0.2) is 24.3 Å². The second-order valence-electron chi connectivity index (χ2n) is 3.89. The number of amides is 3. The SMILES string of the molecule is CC1NC(=O)N(c2ccc(OC(F)(F)F)cc2)C1=O. The molecule has 1 unspecified atom stereocenters. The van der Waals surface area contributed by atoms with Crippen LogP contribution < -0.4 is 15.0 Å². The predicted molar refractivity (Wildman–Crippen MR) is 58.6 cm³/mol. The fourth-order valence-corrected chi connectivity index (χ4v) is 1.65. The molecule has 1 aliphatic rings. The highest BCUT2D eigenvalue weighted by atomic mass is 19.4. The maximum absolute atomic E-state index is 12.0. The third-order valence-electron chi connectivity index (χ3n) is 2.46. The topological polar surface area (TPSA) is 58.6 Å². The number of hydrogen-bond donors (Lipinski definition) is 1. The number of anilines is 1. The van der Waals surface area contributed by atoms with Gasteiger partial charge in [-0.05, 0) is 31.2 Å². The molecule has 3 amide bonds. The van der Waals surface area contributed by atoms with E-state index in [4.69, 9.17) is 0 Å². The molecule has 0 radical (unpaired) electrons. The van der Waals surface area contributed by atoms with E-state index in [2.05, 4.69) is 10.1 Å². The van der Waals surface area contributed by atoms with Gasteiger partial charge < -0.3 is 10.1 Å². The fourth-order valence-electron chi connectivity index (χ4n) is 1.65. The first-order valence-electron chi connectivity index (χ1n) is 5.28. The van der Waals surface area contributed by atoms with Gasteiger partial charge in [-0.1, -0.05) is 0 Å². The van der Waals surface area contributed by atoms with Gasteiger partial charge in [-0.25, -0.2) is 9.69 Å².